The van der Waals surface area contributed by atoms with E-state index in [4.69, 9.17) is 0 Å². The number of carbonyl (C=O) groups excluding carboxylic acids is 2. The van der Waals surface area contributed by atoms with E-state index in [1.54, 1.807) is 4.90 Å². The van der Waals surface area contributed by atoms with Crippen LogP contribution in [-0.2, 0) is 13.1 Å². The van der Waals surface area contributed by atoms with Crippen molar-refractivity contribution < 1.29 is 23.5 Å². The first-order valence-electron chi connectivity index (χ1n) is 9.86. The number of halogens is 2. The van der Waals surface area contributed by atoms with Crippen molar-refractivity contribution in [3.05, 3.63) is 63.1 Å². The Labute approximate surface area is 169 Å². The van der Waals surface area contributed by atoms with E-state index in [1.807, 2.05) is 0 Å². The van der Waals surface area contributed by atoms with Crippen LogP contribution >= 0.6 is 0 Å². The molecule has 1 aromatic heterocycles. The topological polar surface area (TPSA) is 91.6 Å². The van der Waals surface area contributed by atoms with Crippen LogP contribution in [-0.4, -0.2) is 38.5 Å². The summed E-state index contributed by atoms with van der Waals surface area (Å²) in [5.41, 5.74) is -1.32. The number of pyridine rings is 1. The zero-order valence-electron chi connectivity index (χ0n) is 15.9. The molecule has 2 fully saturated rings. The molecule has 2 bridgehead atoms. The summed E-state index contributed by atoms with van der Waals surface area (Å²) < 4.78 is 28.3. The number of nitrogens with zero attached hydrogens (tertiary/aromatic N) is 2. The molecule has 7 nitrogen and oxygen atoms in total. The van der Waals surface area contributed by atoms with Crippen molar-refractivity contribution in [3.8, 4) is 5.75 Å². The first kappa shape index (κ1) is 18.8. The van der Waals surface area contributed by atoms with E-state index >= 15 is 0 Å². The Kier molecular flexibility index (Phi) is 4.16. The van der Waals surface area contributed by atoms with Gasteiger partial charge in [0.25, 0.3) is 11.8 Å². The van der Waals surface area contributed by atoms with Gasteiger partial charge >= 0.3 is 0 Å². The van der Waals surface area contributed by atoms with Crippen LogP contribution in [0.25, 0.3) is 0 Å². The quantitative estimate of drug-likeness (QED) is 0.799. The molecule has 0 radical (unpaired) electrons. The van der Waals surface area contributed by atoms with Gasteiger partial charge in [-0.2, -0.15) is 0 Å². The van der Waals surface area contributed by atoms with Gasteiger partial charge in [0, 0.05) is 37.0 Å². The zero-order valence-corrected chi connectivity index (χ0v) is 15.9. The van der Waals surface area contributed by atoms with Gasteiger partial charge in [0.1, 0.15) is 17.2 Å². The van der Waals surface area contributed by atoms with Crippen LogP contribution in [0.15, 0.2) is 29.2 Å². The average molecular weight is 415 g/mol. The van der Waals surface area contributed by atoms with Crippen molar-refractivity contribution in [2.75, 3.05) is 0 Å². The van der Waals surface area contributed by atoms with Crippen molar-refractivity contribution in [3.63, 3.8) is 0 Å². The van der Waals surface area contributed by atoms with Gasteiger partial charge in [-0.15, -0.1) is 0 Å². The number of hydrogen-bond donors (Lipinski definition) is 2. The Morgan fingerprint density at radius 2 is 2.03 bits per heavy atom. The Balaban J connectivity index is 1.44. The maximum Gasteiger partial charge on any atom is 0.275 e. The molecule has 156 valence electrons. The number of aromatic nitrogens is 1. The molecule has 30 heavy (non-hydrogen) atoms. The molecule has 2 aliphatic heterocycles. The highest BCUT2D eigenvalue weighted by Gasteiger charge is 2.51. The molecule has 2 N–H and O–H groups in total. The van der Waals surface area contributed by atoms with E-state index in [0.29, 0.717) is 18.5 Å². The van der Waals surface area contributed by atoms with Crippen LogP contribution in [0.4, 0.5) is 8.78 Å². The minimum absolute atomic E-state index is 0.00475. The number of hydrogen-bond acceptors (Lipinski definition) is 4. The van der Waals surface area contributed by atoms with Crippen LogP contribution in [0.3, 0.4) is 0 Å². The second kappa shape index (κ2) is 6.65. The van der Waals surface area contributed by atoms with Gasteiger partial charge in [0.15, 0.2) is 11.4 Å². The molecule has 9 heteroatoms. The van der Waals surface area contributed by atoms with Crippen LogP contribution in [0.2, 0.25) is 0 Å². The minimum Gasteiger partial charge on any atom is -0.503 e. The fourth-order valence-electron chi connectivity index (χ4n) is 5.08. The van der Waals surface area contributed by atoms with E-state index in [0.717, 1.165) is 25.3 Å². The molecule has 0 unspecified atom stereocenters. The third-order valence-electron chi connectivity index (χ3n) is 6.52. The molecule has 3 heterocycles. The molecule has 0 spiro atoms. The van der Waals surface area contributed by atoms with Crippen molar-refractivity contribution in [1.29, 1.82) is 0 Å². The molecule has 3 atom stereocenters. The molecule has 1 aliphatic carbocycles. The third kappa shape index (κ3) is 2.72. The first-order valence-corrected chi connectivity index (χ1v) is 9.86. The summed E-state index contributed by atoms with van der Waals surface area (Å²) in [7, 11) is 0. The van der Waals surface area contributed by atoms with E-state index in [-0.39, 0.29) is 41.4 Å². The fourth-order valence-corrected chi connectivity index (χ4v) is 5.08. The van der Waals surface area contributed by atoms with Gasteiger partial charge in [-0.3, -0.25) is 14.4 Å². The molecule has 3 aliphatic rings. The molecule has 2 aromatic rings. The summed E-state index contributed by atoms with van der Waals surface area (Å²) in [5, 5.41) is 12.8. The van der Waals surface area contributed by atoms with E-state index in [9.17, 15) is 28.3 Å². The summed E-state index contributed by atoms with van der Waals surface area (Å²) in [5.74, 6) is -3.11. The van der Waals surface area contributed by atoms with Crippen LogP contribution in [0.1, 0.15) is 45.7 Å². The Morgan fingerprint density at radius 1 is 1.23 bits per heavy atom. The lowest BCUT2D eigenvalue weighted by Gasteiger charge is -2.40. The number of piperidine rings is 1. The van der Waals surface area contributed by atoms with Crippen molar-refractivity contribution in [2.45, 2.75) is 44.4 Å². The highest BCUT2D eigenvalue weighted by atomic mass is 19.1. The van der Waals surface area contributed by atoms with Crippen LogP contribution in [0, 0.1) is 17.6 Å². The summed E-state index contributed by atoms with van der Waals surface area (Å²) in [4.78, 5) is 39.9. The molecule has 5 rings (SSSR count). The highest BCUT2D eigenvalue weighted by molar-refractivity contribution is 5.99. The predicted octanol–water partition coefficient (Wildman–Crippen LogP) is 1.77. The normalized spacial score (nSPS) is 24.0. The molecular formula is C21H19F2N3O4. The van der Waals surface area contributed by atoms with E-state index < -0.39 is 28.7 Å². The lowest BCUT2D eigenvalue weighted by atomic mass is 9.95. The molecule has 1 aromatic carbocycles. The molecular weight excluding hydrogens is 396 g/mol. The maximum atomic E-state index is 13.8. The van der Waals surface area contributed by atoms with Crippen molar-refractivity contribution >= 4 is 11.8 Å². The fraction of sp³-hybridized carbons (Fsp3) is 0.381. The number of fused-ring (bicyclic) bond motifs is 6. The zero-order chi connectivity index (χ0) is 21.2. The van der Waals surface area contributed by atoms with Crippen LogP contribution in [0.5, 0.6) is 5.75 Å². The second-order valence-corrected chi connectivity index (χ2v) is 8.15. The summed E-state index contributed by atoms with van der Waals surface area (Å²) in [6, 6.07) is 3.11. The third-order valence-corrected chi connectivity index (χ3v) is 6.52. The molecule has 1 saturated heterocycles. The first-order chi connectivity index (χ1) is 14.3. The Morgan fingerprint density at radius 3 is 2.80 bits per heavy atom. The van der Waals surface area contributed by atoms with Crippen LogP contribution < -0.4 is 10.7 Å². The number of benzene rings is 1. The predicted molar refractivity (Wildman–Crippen MR) is 101 cm³/mol. The van der Waals surface area contributed by atoms with E-state index in [2.05, 4.69) is 5.32 Å². The van der Waals surface area contributed by atoms with Gasteiger partial charge in [0.2, 0.25) is 5.43 Å². The molecule has 1 saturated carbocycles. The van der Waals surface area contributed by atoms with Gasteiger partial charge in [-0.05, 0) is 31.2 Å². The number of nitrogens with one attached hydrogen (secondary N) is 1. The largest absolute Gasteiger partial charge is 0.503 e. The second-order valence-electron chi connectivity index (χ2n) is 8.15. The van der Waals surface area contributed by atoms with Gasteiger partial charge in [-0.25, -0.2) is 8.78 Å². The standard InChI is InChI=1S/C21H19F2N3O4/c22-12-3-1-11(15(23)6-12)7-24-20(29)14-8-25-9-16-10-2-4-13(5-10)26(16)21(30)17(25)19(28)18(14)27/h1,3,6,8,10,13,16,28H,2,4-5,7,9H2,(H,24,29)/t10-,13-,16+/m1/s1. The lowest BCUT2D eigenvalue weighted by Crippen LogP contribution is -2.52. The smallest absolute Gasteiger partial charge is 0.275 e. The highest BCUT2D eigenvalue weighted by Crippen LogP contribution is 2.45. The van der Waals surface area contributed by atoms with Gasteiger partial charge in [-0.1, -0.05) is 6.07 Å². The number of rotatable bonds is 3. The average Bonchev–Trinajstić information content (AvgIpc) is 3.32. The summed E-state index contributed by atoms with van der Waals surface area (Å²) >= 11 is 0. The Hall–Kier alpha value is -3.23. The molecule has 2 amide bonds. The van der Waals surface area contributed by atoms with Crippen molar-refractivity contribution in [1.82, 2.24) is 14.8 Å². The summed E-state index contributed by atoms with van der Waals surface area (Å²) in [6.07, 6.45) is 4.18. The number of amides is 2. The van der Waals surface area contributed by atoms with Gasteiger partial charge < -0.3 is 19.9 Å². The van der Waals surface area contributed by atoms with Gasteiger partial charge in [0.05, 0.1) is 6.04 Å². The SMILES string of the molecule is O=C(NCc1ccc(F)cc1F)c1cn2c(c(O)c1=O)C(=O)N1[C@@H]3CC[C@H](C3)[C@@H]1C2. The Bertz CT molecular complexity index is 1150. The maximum absolute atomic E-state index is 13.8. The van der Waals surface area contributed by atoms with E-state index in [1.165, 1.54) is 16.8 Å². The summed E-state index contributed by atoms with van der Waals surface area (Å²) in [6.45, 7) is 0.148. The number of aromatic hydroxyl groups is 1. The lowest BCUT2D eigenvalue weighted by molar-refractivity contribution is 0.0482. The monoisotopic (exact) mass is 415 g/mol. The minimum atomic E-state index is -0.950. The number of carbonyl (C=O) groups is 2. The van der Waals surface area contributed by atoms with Crippen molar-refractivity contribution in [2.24, 2.45) is 5.92 Å².